The minimum Gasteiger partial charge on any atom is -0.378 e. The second-order valence-corrected chi connectivity index (χ2v) is 4.48. The summed E-state index contributed by atoms with van der Waals surface area (Å²) < 4.78 is 13.8. The minimum atomic E-state index is -0.261. The molecule has 0 radical (unpaired) electrons. The van der Waals surface area contributed by atoms with Gasteiger partial charge in [-0.2, -0.15) is 0 Å². The average molecular weight is 260 g/mol. The Morgan fingerprint density at radius 1 is 1.06 bits per heavy atom. The standard InChI is InChI=1S/C14H13FN2S/c1-18-14(16)17-13-9-5-3-7-11(13)10-6-2-4-8-12(10)15/h2-9H,1H3,(H2,16,17). The van der Waals surface area contributed by atoms with Gasteiger partial charge >= 0.3 is 0 Å². The molecule has 2 nitrogen and oxygen atoms in total. The lowest BCUT2D eigenvalue weighted by Crippen LogP contribution is -2.04. The molecule has 92 valence electrons. The summed E-state index contributed by atoms with van der Waals surface area (Å²) in [5, 5.41) is 0.457. The predicted octanol–water partition coefficient (Wildman–Crippen LogP) is 3.80. The summed E-state index contributed by atoms with van der Waals surface area (Å²) >= 11 is 1.36. The quantitative estimate of drug-likeness (QED) is 0.659. The van der Waals surface area contributed by atoms with Crippen molar-refractivity contribution in [1.82, 2.24) is 0 Å². The molecular formula is C14H13FN2S. The number of halogens is 1. The Morgan fingerprint density at radius 3 is 2.33 bits per heavy atom. The highest BCUT2D eigenvalue weighted by Crippen LogP contribution is 2.31. The van der Waals surface area contributed by atoms with Gasteiger partial charge in [-0.1, -0.05) is 48.2 Å². The van der Waals surface area contributed by atoms with Crippen LogP contribution in [0.25, 0.3) is 11.1 Å². The monoisotopic (exact) mass is 260 g/mol. The fraction of sp³-hybridized carbons (Fsp3) is 0.0714. The van der Waals surface area contributed by atoms with E-state index in [-0.39, 0.29) is 5.82 Å². The van der Waals surface area contributed by atoms with Crippen molar-refractivity contribution in [3.63, 3.8) is 0 Å². The van der Waals surface area contributed by atoms with Crippen LogP contribution in [0.5, 0.6) is 0 Å². The number of benzene rings is 2. The van der Waals surface area contributed by atoms with Crippen molar-refractivity contribution in [3.8, 4) is 11.1 Å². The van der Waals surface area contributed by atoms with Crippen molar-refractivity contribution in [2.24, 2.45) is 10.7 Å². The highest BCUT2D eigenvalue weighted by Gasteiger charge is 2.08. The molecular weight excluding hydrogens is 247 g/mol. The van der Waals surface area contributed by atoms with E-state index in [0.29, 0.717) is 16.4 Å². The summed E-state index contributed by atoms with van der Waals surface area (Å²) in [4.78, 5) is 4.29. The summed E-state index contributed by atoms with van der Waals surface area (Å²) in [6.45, 7) is 0. The van der Waals surface area contributed by atoms with E-state index in [9.17, 15) is 4.39 Å². The van der Waals surface area contributed by atoms with E-state index in [1.165, 1.54) is 17.8 Å². The van der Waals surface area contributed by atoms with E-state index in [4.69, 9.17) is 5.73 Å². The van der Waals surface area contributed by atoms with Gasteiger partial charge in [-0.3, -0.25) is 0 Å². The molecule has 0 spiro atoms. The Morgan fingerprint density at radius 2 is 1.67 bits per heavy atom. The van der Waals surface area contributed by atoms with Crippen LogP contribution in [0.15, 0.2) is 53.5 Å². The van der Waals surface area contributed by atoms with Crippen LogP contribution >= 0.6 is 11.8 Å². The molecule has 0 fully saturated rings. The molecule has 0 aliphatic heterocycles. The molecule has 2 aromatic rings. The van der Waals surface area contributed by atoms with Gasteiger partial charge in [0.2, 0.25) is 0 Å². The molecule has 0 atom stereocenters. The first-order valence-corrected chi connectivity index (χ1v) is 6.67. The molecule has 0 aliphatic carbocycles. The van der Waals surface area contributed by atoms with E-state index in [1.807, 2.05) is 30.5 Å². The third-order valence-corrected chi connectivity index (χ3v) is 3.02. The predicted molar refractivity (Wildman–Crippen MR) is 76.6 cm³/mol. The van der Waals surface area contributed by atoms with Crippen molar-refractivity contribution in [1.29, 1.82) is 0 Å². The van der Waals surface area contributed by atoms with E-state index in [2.05, 4.69) is 4.99 Å². The Labute approximate surface area is 110 Å². The molecule has 18 heavy (non-hydrogen) atoms. The lowest BCUT2D eigenvalue weighted by atomic mass is 10.0. The lowest BCUT2D eigenvalue weighted by Gasteiger charge is -2.07. The van der Waals surface area contributed by atoms with Crippen LogP contribution in [0.2, 0.25) is 0 Å². The summed E-state index contributed by atoms with van der Waals surface area (Å²) in [6.07, 6.45) is 1.85. The highest BCUT2D eigenvalue weighted by atomic mass is 32.2. The number of para-hydroxylation sites is 1. The third-order valence-electron chi connectivity index (χ3n) is 2.51. The maximum atomic E-state index is 13.8. The van der Waals surface area contributed by atoms with Crippen LogP contribution in [-0.4, -0.2) is 11.4 Å². The Hall–Kier alpha value is -1.81. The molecule has 0 aromatic heterocycles. The number of thioether (sulfide) groups is 1. The van der Waals surface area contributed by atoms with E-state index >= 15 is 0 Å². The van der Waals surface area contributed by atoms with Gasteiger partial charge in [0.05, 0.1) is 5.69 Å². The molecule has 2 rings (SSSR count). The van der Waals surface area contributed by atoms with Gasteiger partial charge in [-0.15, -0.1) is 0 Å². The lowest BCUT2D eigenvalue weighted by molar-refractivity contribution is 0.631. The number of hydrogen-bond donors (Lipinski definition) is 1. The van der Waals surface area contributed by atoms with Gasteiger partial charge in [-0.05, 0) is 18.4 Å². The molecule has 0 aliphatic rings. The number of nitrogens with two attached hydrogens (primary N) is 1. The number of aliphatic imine (C=N–C) groups is 1. The molecule has 2 aromatic carbocycles. The second-order valence-electron chi connectivity index (χ2n) is 3.65. The van der Waals surface area contributed by atoms with E-state index in [0.717, 1.165) is 5.56 Å². The number of nitrogens with zero attached hydrogens (tertiary/aromatic N) is 1. The zero-order chi connectivity index (χ0) is 13.0. The summed E-state index contributed by atoms with van der Waals surface area (Å²) in [5.41, 5.74) is 7.66. The van der Waals surface area contributed by atoms with Gasteiger partial charge in [0.25, 0.3) is 0 Å². The summed E-state index contributed by atoms with van der Waals surface area (Å²) in [6, 6.07) is 14.0. The molecule has 0 unspecified atom stereocenters. The molecule has 4 heteroatoms. The smallest absolute Gasteiger partial charge is 0.158 e. The highest BCUT2D eigenvalue weighted by molar-refractivity contribution is 8.13. The zero-order valence-corrected chi connectivity index (χ0v) is 10.7. The molecule has 2 N–H and O–H groups in total. The first-order valence-electron chi connectivity index (χ1n) is 5.44. The van der Waals surface area contributed by atoms with Crippen molar-refractivity contribution in [2.75, 3.05) is 6.26 Å². The second kappa shape index (κ2) is 5.69. The van der Waals surface area contributed by atoms with Crippen LogP contribution in [-0.2, 0) is 0 Å². The average Bonchev–Trinajstić information content (AvgIpc) is 2.40. The molecule has 0 amide bonds. The van der Waals surface area contributed by atoms with Crippen molar-refractivity contribution >= 4 is 22.6 Å². The van der Waals surface area contributed by atoms with Gasteiger partial charge in [0, 0.05) is 11.1 Å². The van der Waals surface area contributed by atoms with Crippen molar-refractivity contribution in [2.45, 2.75) is 0 Å². The fourth-order valence-corrected chi connectivity index (χ4v) is 1.83. The topological polar surface area (TPSA) is 38.4 Å². The van der Waals surface area contributed by atoms with Crippen LogP contribution < -0.4 is 5.73 Å². The number of amidine groups is 1. The van der Waals surface area contributed by atoms with Gasteiger partial charge < -0.3 is 5.73 Å². The van der Waals surface area contributed by atoms with Crippen LogP contribution in [0, 0.1) is 5.82 Å². The molecule has 0 heterocycles. The first-order chi connectivity index (χ1) is 8.72. The Balaban J connectivity index is 2.56. The van der Waals surface area contributed by atoms with Gasteiger partial charge in [-0.25, -0.2) is 9.38 Å². The van der Waals surface area contributed by atoms with E-state index < -0.39 is 0 Å². The molecule has 0 bridgehead atoms. The summed E-state index contributed by atoms with van der Waals surface area (Å²) in [5.74, 6) is -0.261. The Bertz CT molecular complexity index is 582. The van der Waals surface area contributed by atoms with Crippen LogP contribution in [0.1, 0.15) is 0 Å². The summed E-state index contributed by atoms with van der Waals surface area (Å²) in [7, 11) is 0. The molecule has 0 saturated heterocycles. The van der Waals surface area contributed by atoms with Gasteiger partial charge in [0.15, 0.2) is 5.17 Å². The maximum Gasteiger partial charge on any atom is 0.158 e. The largest absolute Gasteiger partial charge is 0.378 e. The Kier molecular flexibility index (Phi) is 3.99. The third kappa shape index (κ3) is 2.71. The first kappa shape index (κ1) is 12.6. The zero-order valence-electron chi connectivity index (χ0n) is 9.93. The van der Waals surface area contributed by atoms with Gasteiger partial charge in [0.1, 0.15) is 5.82 Å². The maximum absolute atomic E-state index is 13.8. The SMILES string of the molecule is CSC(N)=Nc1ccccc1-c1ccccc1F. The van der Waals surface area contributed by atoms with Crippen molar-refractivity contribution in [3.05, 3.63) is 54.3 Å². The normalized spacial score (nSPS) is 11.6. The van der Waals surface area contributed by atoms with Crippen LogP contribution in [0.4, 0.5) is 10.1 Å². The van der Waals surface area contributed by atoms with Crippen molar-refractivity contribution < 1.29 is 4.39 Å². The minimum absolute atomic E-state index is 0.261. The van der Waals surface area contributed by atoms with E-state index in [1.54, 1.807) is 18.2 Å². The molecule has 0 saturated carbocycles. The number of rotatable bonds is 2. The van der Waals surface area contributed by atoms with Crippen LogP contribution in [0.3, 0.4) is 0 Å². The number of hydrogen-bond acceptors (Lipinski definition) is 2. The fourth-order valence-electron chi connectivity index (χ4n) is 1.64.